The Balaban J connectivity index is 0. The molecule has 174 valence electrons. The Kier molecular flexibility index (Phi) is 24.4. The van der Waals surface area contributed by atoms with E-state index in [2.05, 4.69) is 13.8 Å². The average Bonchev–Trinajstić information content (AvgIpc) is 2.65. The van der Waals surface area contributed by atoms with Gasteiger partial charge in [0.2, 0.25) is 10.4 Å². The summed E-state index contributed by atoms with van der Waals surface area (Å²) in [5.74, 6) is -0.123. The maximum atomic E-state index is 11.5. The van der Waals surface area contributed by atoms with Gasteiger partial charge in [-0.3, -0.25) is 8.98 Å². The van der Waals surface area contributed by atoms with Crippen LogP contribution in [-0.4, -0.2) is 31.7 Å². The molecule has 8 heteroatoms. The Morgan fingerprint density at radius 3 is 1.73 bits per heavy atom. The predicted octanol–water partition coefficient (Wildman–Crippen LogP) is 3.05. The molecule has 0 saturated carbocycles. The monoisotopic (exact) mass is 458 g/mol. The Bertz CT molecular complexity index is 484. The Morgan fingerprint density at radius 1 is 0.767 bits per heavy atom. The number of hydrogen-bond acceptors (Lipinski definition) is 6. The first-order valence-electron chi connectivity index (χ1n) is 11.7. The van der Waals surface area contributed by atoms with Gasteiger partial charge in [-0.25, -0.2) is 8.42 Å². The summed E-state index contributed by atoms with van der Waals surface area (Å²) in [7, 11) is -4.65. The second-order valence-corrected chi connectivity index (χ2v) is 8.93. The van der Waals surface area contributed by atoms with E-state index in [-0.39, 0.29) is 35.5 Å². The van der Waals surface area contributed by atoms with Crippen molar-refractivity contribution in [2.24, 2.45) is 0 Å². The second kappa shape index (κ2) is 22.5. The second-order valence-electron chi connectivity index (χ2n) is 7.92. The predicted molar refractivity (Wildman–Crippen MR) is 115 cm³/mol. The van der Waals surface area contributed by atoms with Crippen LogP contribution in [0.4, 0.5) is 0 Å². The molecular weight excluding hydrogens is 415 g/mol. The zero-order valence-corrected chi connectivity index (χ0v) is 22.5. The van der Waals surface area contributed by atoms with Crippen molar-refractivity contribution < 1.29 is 56.2 Å². The molecule has 6 nitrogen and oxygen atoms in total. The third-order valence-corrected chi connectivity index (χ3v) is 5.56. The van der Waals surface area contributed by atoms with Gasteiger partial charge in [0.05, 0.1) is 12.7 Å². The van der Waals surface area contributed by atoms with Gasteiger partial charge in [0.25, 0.3) is 0 Å². The van der Waals surface area contributed by atoms with Crippen LogP contribution in [0.25, 0.3) is 0 Å². The van der Waals surface area contributed by atoms with E-state index in [0.717, 1.165) is 64.2 Å². The quantitative estimate of drug-likeness (QED) is 0.0863. The molecule has 0 radical (unpaired) electrons. The van der Waals surface area contributed by atoms with Crippen LogP contribution in [0.2, 0.25) is 0 Å². The zero-order valence-electron chi connectivity index (χ0n) is 19.7. The summed E-state index contributed by atoms with van der Waals surface area (Å²) in [5.41, 5.74) is 0. The first kappa shape index (κ1) is 32.5. The van der Waals surface area contributed by atoms with Crippen molar-refractivity contribution in [1.82, 2.24) is 0 Å². The molecule has 0 aromatic carbocycles. The Hall–Kier alpha value is 0.340. The maximum Gasteiger partial charge on any atom is 1.00 e. The van der Waals surface area contributed by atoms with Crippen molar-refractivity contribution in [1.29, 1.82) is 0 Å². The van der Waals surface area contributed by atoms with Crippen molar-refractivity contribution >= 4 is 16.4 Å². The van der Waals surface area contributed by atoms with Crippen LogP contribution >= 0.6 is 0 Å². The topological polar surface area (TPSA) is 92.7 Å². The van der Waals surface area contributed by atoms with E-state index in [0.29, 0.717) is 25.9 Å². The minimum atomic E-state index is -4.65. The summed E-state index contributed by atoms with van der Waals surface area (Å²) in [6.45, 7) is 4.76. The van der Waals surface area contributed by atoms with Crippen LogP contribution in [0.1, 0.15) is 123 Å². The van der Waals surface area contributed by atoms with Crippen molar-refractivity contribution in [3.63, 3.8) is 0 Å². The Morgan fingerprint density at radius 2 is 1.23 bits per heavy atom. The minimum absolute atomic E-state index is 0. The van der Waals surface area contributed by atoms with Crippen LogP contribution in [-0.2, 0) is 24.1 Å². The van der Waals surface area contributed by atoms with Gasteiger partial charge in [0, 0.05) is 6.42 Å². The molecule has 1 unspecified atom stereocenters. The molecule has 30 heavy (non-hydrogen) atoms. The third kappa shape index (κ3) is 24.6. The molecule has 1 atom stereocenters. The van der Waals surface area contributed by atoms with E-state index < -0.39 is 16.5 Å². The van der Waals surface area contributed by atoms with Crippen molar-refractivity contribution in [2.75, 3.05) is 6.61 Å². The van der Waals surface area contributed by atoms with Gasteiger partial charge in [-0.2, -0.15) is 0 Å². The molecule has 0 aliphatic rings. The summed E-state index contributed by atoms with van der Waals surface area (Å²) < 4.78 is 42.7. The van der Waals surface area contributed by atoms with Gasteiger partial charge in [-0.05, 0) is 25.7 Å². The van der Waals surface area contributed by atoms with Crippen molar-refractivity contribution in [3.8, 4) is 0 Å². The number of esters is 1. The van der Waals surface area contributed by atoms with Gasteiger partial charge in [0.15, 0.2) is 0 Å². The van der Waals surface area contributed by atoms with Gasteiger partial charge < -0.3 is 9.29 Å². The van der Waals surface area contributed by atoms with Crippen molar-refractivity contribution in [2.45, 2.75) is 129 Å². The summed E-state index contributed by atoms with van der Waals surface area (Å²) in [6.07, 6.45) is 15.7. The number of carbonyl (C=O) groups excluding carboxylic acids is 1. The van der Waals surface area contributed by atoms with E-state index in [9.17, 15) is 17.8 Å². The fraction of sp³-hybridized carbons (Fsp3) is 0.955. The molecule has 0 bridgehead atoms. The molecule has 0 heterocycles. The van der Waals surface area contributed by atoms with E-state index in [1.807, 2.05) is 0 Å². The molecule has 0 rings (SSSR count). The largest absolute Gasteiger partial charge is 1.00 e. The van der Waals surface area contributed by atoms with Crippen LogP contribution < -0.4 is 29.6 Å². The van der Waals surface area contributed by atoms with Crippen molar-refractivity contribution in [3.05, 3.63) is 0 Å². The van der Waals surface area contributed by atoms with Crippen LogP contribution in [0.5, 0.6) is 0 Å². The van der Waals surface area contributed by atoms with E-state index >= 15 is 0 Å². The summed E-state index contributed by atoms with van der Waals surface area (Å²) in [4.78, 5) is 11.5. The molecule has 0 fully saturated rings. The van der Waals surface area contributed by atoms with Gasteiger partial charge in [-0.15, -0.1) is 0 Å². The summed E-state index contributed by atoms with van der Waals surface area (Å²) in [6, 6.07) is 0. The zero-order chi connectivity index (χ0) is 21.8. The third-order valence-electron chi connectivity index (χ3n) is 5.05. The van der Waals surface area contributed by atoms with Crippen LogP contribution in [0.15, 0.2) is 0 Å². The molecular formula is C22H43NaO6S. The molecule has 0 aromatic heterocycles. The first-order valence-corrected chi connectivity index (χ1v) is 13.0. The number of ether oxygens (including phenoxy) is 1. The standard InChI is InChI=1S/C22H44O6S.Na/c1-3-5-7-8-9-11-14-17-21(28-29(24,25)26)18-15-12-10-13-16-19-22(23)27-20-6-4-2;/h21H,3-20H2,1-2H3,(H,24,25,26);/q;+1/p-1. The maximum absolute atomic E-state index is 11.5. The van der Waals surface area contributed by atoms with Crippen LogP contribution in [0, 0.1) is 0 Å². The fourth-order valence-corrected chi connectivity index (χ4v) is 3.84. The van der Waals surface area contributed by atoms with E-state index in [4.69, 9.17) is 8.92 Å². The number of rotatable bonds is 21. The van der Waals surface area contributed by atoms with Gasteiger partial charge in [-0.1, -0.05) is 90.9 Å². The summed E-state index contributed by atoms with van der Waals surface area (Å²) in [5, 5.41) is 0. The molecule has 0 aromatic rings. The SMILES string of the molecule is CCCCCCCCCC(CCCCCCCC(=O)OCCCC)OS(=O)(=O)[O-].[Na+]. The van der Waals surface area contributed by atoms with E-state index in [1.54, 1.807) is 0 Å². The molecule has 0 aliphatic carbocycles. The van der Waals surface area contributed by atoms with Gasteiger partial charge >= 0.3 is 35.5 Å². The molecule has 0 spiro atoms. The first-order chi connectivity index (χ1) is 13.9. The fourth-order valence-electron chi connectivity index (χ4n) is 3.31. The molecule has 0 amide bonds. The molecule has 0 saturated heterocycles. The molecule has 0 N–H and O–H groups in total. The van der Waals surface area contributed by atoms with Gasteiger partial charge in [0.1, 0.15) is 0 Å². The molecule has 0 aliphatic heterocycles. The number of hydrogen-bond donors (Lipinski definition) is 0. The Labute approximate surface area is 207 Å². The smallest absolute Gasteiger partial charge is 0.726 e. The minimum Gasteiger partial charge on any atom is -0.726 e. The van der Waals surface area contributed by atoms with E-state index in [1.165, 1.54) is 25.7 Å². The average molecular weight is 459 g/mol. The van der Waals surface area contributed by atoms with Crippen LogP contribution in [0.3, 0.4) is 0 Å². The normalized spacial score (nSPS) is 12.4. The summed E-state index contributed by atoms with van der Waals surface area (Å²) >= 11 is 0. The number of unbranched alkanes of at least 4 members (excludes halogenated alkanes) is 11. The number of carbonyl (C=O) groups is 1.